The highest BCUT2D eigenvalue weighted by molar-refractivity contribution is 5.99. The van der Waals surface area contributed by atoms with E-state index < -0.39 is 6.10 Å². The third-order valence-electron chi connectivity index (χ3n) is 3.55. The number of hydrogen-bond acceptors (Lipinski definition) is 4. The number of hydrogen-bond donors (Lipinski definition) is 3. The molecule has 0 spiro atoms. The molecular weight excluding hydrogens is 256 g/mol. The Bertz CT molecular complexity index is 444. The monoisotopic (exact) mass is 278 g/mol. The fourth-order valence-corrected chi connectivity index (χ4v) is 2.45. The van der Waals surface area contributed by atoms with Crippen LogP contribution in [0.4, 0.5) is 5.69 Å². The van der Waals surface area contributed by atoms with Gasteiger partial charge in [0, 0.05) is 25.3 Å². The smallest absolute Gasteiger partial charge is 0.253 e. The molecule has 3 N–H and O–H groups in total. The topological polar surface area (TPSA) is 72.8 Å². The number of benzene rings is 1. The molecule has 2 rings (SSSR count). The van der Waals surface area contributed by atoms with Crippen LogP contribution in [-0.4, -0.2) is 48.5 Å². The van der Waals surface area contributed by atoms with Gasteiger partial charge in [0.1, 0.15) is 0 Å². The Kier molecular flexibility index (Phi) is 5.38. The average molecular weight is 278 g/mol. The van der Waals surface area contributed by atoms with Crippen molar-refractivity contribution in [3.63, 3.8) is 0 Å². The van der Waals surface area contributed by atoms with E-state index in [1.807, 2.05) is 18.2 Å². The zero-order valence-electron chi connectivity index (χ0n) is 11.6. The molecule has 1 heterocycles. The molecule has 1 aromatic rings. The molecule has 0 aromatic heterocycles. The summed E-state index contributed by atoms with van der Waals surface area (Å²) in [7, 11) is 0. The van der Waals surface area contributed by atoms with Crippen molar-refractivity contribution in [2.45, 2.75) is 25.4 Å². The first-order valence-electron chi connectivity index (χ1n) is 7.13. The first-order valence-corrected chi connectivity index (χ1v) is 7.13. The van der Waals surface area contributed by atoms with Crippen LogP contribution in [-0.2, 0) is 0 Å². The van der Waals surface area contributed by atoms with E-state index in [0.717, 1.165) is 31.6 Å². The Morgan fingerprint density at radius 3 is 2.65 bits per heavy atom. The largest absolute Gasteiger partial charge is 0.394 e. The number of carbonyl (C=O) groups is 1. The van der Waals surface area contributed by atoms with Gasteiger partial charge in [-0.05, 0) is 31.4 Å². The van der Waals surface area contributed by atoms with Gasteiger partial charge in [0.05, 0.1) is 18.3 Å². The van der Waals surface area contributed by atoms with E-state index in [0.29, 0.717) is 5.56 Å². The second-order valence-electron chi connectivity index (χ2n) is 5.11. The first-order chi connectivity index (χ1) is 9.72. The van der Waals surface area contributed by atoms with Crippen LogP contribution in [0.1, 0.15) is 29.6 Å². The highest BCUT2D eigenvalue weighted by Gasteiger charge is 2.18. The molecule has 1 aliphatic rings. The molecule has 0 radical (unpaired) electrons. The molecule has 1 fully saturated rings. The molecule has 5 heteroatoms. The Hall–Kier alpha value is -1.59. The number of aliphatic hydroxyl groups is 2. The molecule has 1 unspecified atom stereocenters. The Morgan fingerprint density at radius 2 is 1.95 bits per heavy atom. The number of nitrogens with one attached hydrogen (secondary N) is 1. The van der Waals surface area contributed by atoms with Crippen LogP contribution >= 0.6 is 0 Å². The summed E-state index contributed by atoms with van der Waals surface area (Å²) in [6, 6.07) is 7.53. The minimum Gasteiger partial charge on any atom is -0.394 e. The van der Waals surface area contributed by atoms with E-state index in [-0.39, 0.29) is 19.1 Å². The number of carbonyl (C=O) groups excluding carboxylic acids is 1. The fourth-order valence-electron chi connectivity index (χ4n) is 2.45. The van der Waals surface area contributed by atoms with Crippen LogP contribution in [0.2, 0.25) is 0 Å². The molecule has 1 aliphatic heterocycles. The lowest BCUT2D eigenvalue weighted by atomic mass is 10.1. The molecule has 0 bridgehead atoms. The van der Waals surface area contributed by atoms with Gasteiger partial charge in [-0.3, -0.25) is 4.79 Å². The number of amides is 1. The Labute approximate surface area is 119 Å². The molecule has 0 aliphatic carbocycles. The van der Waals surface area contributed by atoms with E-state index in [1.165, 1.54) is 6.42 Å². The summed E-state index contributed by atoms with van der Waals surface area (Å²) in [5, 5.41) is 20.7. The molecule has 5 nitrogen and oxygen atoms in total. The number of piperidine rings is 1. The van der Waals surface area contributed by atoms with Gasteiger partial charge >= 0.3 is 0 Å². The van der Waals surface area contributed by atoms with Crippen molar-refractivity contribution in [3.05, 3.63) is 29.8 Å². The molecule has 1 aromatic carbocycles. The predicted molar refractivity (Wildman–Crippen MR) is 77.9 cm³/mol. The zero-order valence-corrected chi connectivity index (χ0v) is 11.6. The van der Waals surface area contributed by atoms with Crippen molar-refractivity contribution in [1.29, 1.82) is 0 Å². The third-order valence-corrected chi connectivity index (χ3v) is 3.55. The van der Waals surface area contributed by atoms with Crippen molar-refractivity contribution in [2.75, 3.05) is 31.1 Å². The van der Waals surface area contributed by atoms with Gasteiger partial charge in [-0.15, -0.1) is 0 Å². The minimum atomic E-state index is -0.916. The van der Waals surface area contributed by atoms with Crippen LogP contribution in [0, 0.1) is 0 Å². The van der Waals surface area contributed by atoms with Crippen molar-refractivity contribution in [1.82, 2.24) is 5.32 Å². The van der Waals surface area contributed by atoms with Crippen molar-refractivity contribution < 1.29 is 15.0 Å². The second-order valence-corrected chi connectivity index (χ2v) is 5.11. The van der Waals surface area contributed by atoms with Gasteiger partial charge < -0.3 is 20.4 Å². The minimum absolute atomic E-state index is 0.0592. The van der Waals surface area contributed by atoms with Crippen LogP contribution in [0.3, 0.4) is 0 Å². The number of para-hydroxylation sites is 1. The lowest BCUT2D eigenvalue weighted by Gasteiger charge is -2.30. The van der Waals surface area contributed by atoms with E-state index in [2.05, 4.69) is 10.2 Å². The van der Waals surface area contributed by atoms with E-state index >= 15 is 0 Å². The van der Waals surface area contributed by atoms with Crippen LogP contribution in [0.15, 0.2) is 24.3 Å². The first kappa shape index (κ1) is 14.8. The fraction of sp³-hybridized carbons (Fsp3) is 0.533. The van der Waals surface area contributed by atoms with E-state index in [4.69, 9.17) is 5.11 Å². The van der Waals surface area contributed by atoms with Crippen LogP contribution in [0.5, 0.6) is 0 Å². The van der Waals surface area contributed by atoms with Crippen LogP contribution in [0.25, 0.3) is 0 Å². The maximum absolute atomic E-state index is 12.2. The zero-order chi connectivity index (χ0) is 14.4. The van der Waals surface area contributed by atoms with Gasteiger partial charge in [0.25, 0.3) is 5.91 Å². The van der Waals surface area contributed by atoms with Crippen molar-refractivity contribution in [2.24, 2.45) is 0 Å². The summed E-state index contributed by atoms with van der Waals surface area (Å²) >= 11 is 0. The molecule has 0 saturated carbocycles. The third kappa shape index (κ3) is 3.71. The number of anilines is 1. The molecule has 1 amide bonds. The van der Waals surface area contributed by atoms with E-state index in [1.54, 1.807) is 6.07 Å². The quantitative estimate of drug-likeness (QED) is 0.743. The summed E-state index contributed by atoms with van der Waals surface area (Å²) in [6.07, 6.45) is 2.63. The summed E-state index contributed by atoms with van der Waals surface area (Å²) < 4.78 is 0. The van der Waals surface area contributed by atoms with Gasteiger partial charge in [0.2, 0.25) is 0 Å². The Balaban J connectivity index is 2.08. The number of aliphatic hydroxyl groups excluding tert-OH is 2. The van der Waals surface area contributed by atoms with Gasteiger partial charge in [-0.1, -0.05) is 12.1 Å². The standard InChI is InChI=1S/C15H22N2O3/c18-11-12(19)10-16-15(20)13-6-2-3-7-14(13)17-8-4-1-5-9-17/h2-3,6-7,12,18-19H,1,4-5,8-11H2,(H,16,20). The summed E-state index contributed by atoms with van der Waals surface area (Å²) in [5.41, 5.74) is 1.57. The molecule has 20 heavy (non-hydrogen) atoms. The molecular formula is C15H22N2O3. The van der Waals surface area contributed by atoms with Crippen molar-refractivity contribution in [3.8, 4) is 0 Å². The predicted octanol–water partition coefficient (Wildman–Crippen LogP) is 0.760. The van der Waals surface area contributed by atoms with Crippen molar-refractivity contribution >= 4 is 11.6 Å². The van der Waals surface area contributed by atoms with Gasteiger partial charge in [-0.2, -0.15) is 0 Å². The Morgan fingerprint density at radius 1 is 1.25 bits per heavy atom. The summed E-state index contributed by atoms with van der Waals surface area (Å²) in [6.45, 7) is 1.66. The SMILES string of the molecule is O=C(NCC(O)CO)c1ccccc1N1CCCCC1. The lowest BCUT2D eigenvalue weighted by molar-refractivity contribution is 0.0802. The summed E-state index contributed by atoms with van der Waals surface area (Å²) in [5.74, 6) is -0.210. The van der Waals surface area contributed by atoms with E-state index in [9.17, 15) is 9.90 Å². The van der Waals surface area contributed by atoms with Gasteiger partial charge in [0.15, 0.2) is 0 Å². The summed E-state index contributed by atoms with van der Waals surface area (Å²) in [4.78, 5) is 14.4. The average Bonchev–Trinajstić information content (AvgIpc) is 2.53. The molecule has 1 atom stereocenters. The number of rotatable bonds is 5. The molecule has 1 saturated heterocycles. The normalized spacial score (nSPS) is 16.8. The second kappa shape index (κ2) is 7.26. The van der Waals surface area contributed by atoms with Crippen LogP contribution < -0.4 is 10.2 Å². The highest BCUT2D eigenvalue weighted by Crippen LogP contribution is 2.23. The molecule has 110 valence electrons. The van der Waals surface area contributed by atoms with Gasteiger partial charge in [-0.25, -0.2) is 0 Å². The number of nitrogens with zero attached hydrogens (tertiary/aromatic N) is 1. The lowest BCUT2D eigenvalue weighted by Crippen LogP contribution is -2.36. The maximum Gasteiger partial charge on any atom is 0.253 e. The highest BCUT2D eigenvalue weighted by atomic mass is 16.3. The maximum atomic E-state index is 12.2.